The number of rotatable bonds is 15. The number of carbonyl (C=O) groups is 2. The lowest BCUT2D eigenvalue weighted by atomic mass is 10.0. The van der Waals surface area contributed by atoms with E-state index in [0.29, 0.717) is 26.1 Å². The Hall–Kier alpha value is -4.68. The molecule has 0 spiro atoms. The predicted octanol–water partition coefficient (Wildman–Crippen LogP) is 7.43. The van der Waals surface area contributed by atoms with E-state index in [9.17, 15) is 9.59 Å². The Morgan fingerprint density at radius 2 is 1.44 bits per heavy atom. The first-order chi connectivity index (χ1) is 23.5. The lowest BCUT2D eigenvalue weighted by Crippen LogP contribution is -2.56. The van der Waals surface area contributed by atoms with Crippen LogP contribution in [-0.2, 0) is 35.5 Å². The molecule has 6 nitrogen and oxygen atoms in total. The Morgan fingerprint density at radius 1 is 0.771 bits per heavy atom. The third kappa shape index (κ3) is 10.2. The van der Waals surface area contributed by atoms with Crippen LogP contribution < -0.4 is 4.74 Å². The Labute approximate surface area is 286 Å². The van der Waals surface area contributed by atoms with Crippen LogP contribution in [0.3, 0.4) is 0 Å². The lowest BCUT2D eigenvalue weighted by Gasteiger charge is -2.39. The van der Waals surface area contributed by atoms with E-state index >= 15 is 0 Å². The van der Waals surface area contributed by atoms with Crippen molar-refractivity contribution in [1.29, 1.82) is 0 Å². The van der Waals surface area contributed by atoms with Gasteiger partial charge in [0.25, 0.3) is 0 Å². The van der Waals surface area contributed by atoms with Crippen LogP contribution in [0.1, 0.15) is 54.0 Å². The van der Waals surface area contributed by atoms with E-state index in [4.69, 9.17) is 4.74 Å². The van der Waals surface area contributed by atoms with Gasteiger partial charge in [-0.15, -0.1) is 0 Å². The minimum atomic E-state index is -0.653. The molecule has 1 atom stereocenters. The second-order valence-electron chi connectivity index (χ2n) is 12.6. The molecule has 1 fully saturated rings. The van der Waals surface area contributed by atoms with Gasteiger partial charge in [0.2, 0.25) is 11.8 Å². The number of methoxy groups -OCH3 is 1. The van der Waals surface area contributed by atoms with Crippen LogP contribution in [0.15, 0.2) is 115 Å². The van der Waals surface area contributed by atoms with Gasteiger partial charge in [0.1, 0.15) is 11.8 Å². The average molecular weight is 644 g/mol. The Kier molecular flexibility index (Phi) is 13.0. The van der Waals surface area contributed by atoms with Crippen LogP contribution in [0.4, 0.5) is 0 Å². The van der Waals surface area contributed by atoms with Gasteiger partial charge in [-0.1, -0.05) is 117 Å². The summed E-state index contributed by atoms with van der Waals surface area (Å²) >= 11 is 0. The van der Waals surface area contributed by atoms with Crippen molar-refractivity contribution >= 4 is 17.9 Å². The quantitative estimate of drug-likeness (QED) is 0.1000. The van der Waals surface area contributed by atoms with Crippen LogP contribution in [0.2, 0.25) is 0 Å². The molecule has 0 bridgehead atoms. The molecular formula is C42H49N3O3. The summed E-state index contributed by atoms with van der Waals surface area (Å²) in [5.41, 5.74) is 5.47. The van der Waals surface area contributed by atoms with Crippen molar-refractivity contribution < 1.29 is 14.3 Å². The van der Waals surface area contributed by atoms with Crippen LogP contribution in [0.25, 0.3) is 6.08 Å². The maximum atomic E-state index is 14.5. The normalized spacial score (nSPS) is 14.2. The number of benzene rings is 4. The molecule has 1 aliphatic rings. The molecule has 4 aromatic rings. The molecule has 250 valence electrons. The summed E-state index contributed by atoms with van der Waals surface area (Å²) in [5, 5.41) is 0. The van der Waals surface area contributed by atoms with Gasteiger partial charge in [-0.2, -0.15) is 0 Å². The van der Waals surface area contributed by atoms with E-state index in [2.05, 4.69) is 60.4 Å². The summed E-state index contributed by atoms with van der Waals surface area (Å²) in [6.07, 6.45) is 8.47. The van der Waals surface area contributed by atoms with Crippen LogP contribution in [0.5, 0.6) is 5.75 Å². The first kappa shape index (κ1) is 34.6. The highest BCUT2D eigenvalue weighted by Crippen LogP contribution is 2.21. The van der Waals surface area contributed by atoms with Crippen molar-refractivity contribution in [2.45, 2.75) is 58.2 Å². The fourth-order valence-corrected chi connectivity index (χ4v) is 6.28. The van der Waals surface area contributed by atoms with Crippen LogP contribution >= 0.6 is 0 Å². The molecule has 48 heavy (non-hydrogen) atoms. The fraction of sp³-hybridized carbons (Fsp3) is 0.333. The van der Waals surface area contributed by atoms with Crippen molar-refractivity contribution in [1.82, 2.24) is 14.7 Å². The Morgan fingerprint density at radius 3 is 2.10 bits per heavy atom. The van der Waals surface area contributed by atoms with E-state index in [1.807, 2.05) is 65.6 Å². The number of aryl methyl sites for hydroxylation is 1. The SMILES string of the molecule is CCCCCc1ccc(CN(C(=O)C=Cc2cccc(OC)c2)[C@@H](Cc2ccccc2)C(=O)N2CCN(Cc3ccccc3)CC2)cc1. The number of ether oxygens (including phenoxy) is 1. The van der Waals surface area contributed by atoms with Gasteiger partial charge >= 0.3 is 0 Å². The maximum absolute atomic E-state index is 14.5. The smallest absolute Gasteiger partial charge is 0.247 e. The second-order valence-corrected chi connectivity index (χ2v) is 12.6. The van der Waals surface area contributed by atoms with Gasteiger partial charge in [0.15, 0.2) is 0 Å². The zero-order valence-electron chi connectivity index (χ0n) is 28.5. The number of unbranched alkanes of at least 4 members (excludes halogenated alkanes) is 2. The van der Waals surface area contributed by atoms with Gasteiger partial charge in [0.05, 0.1) is 7.11 Å². The minimum absolute atomic E-state index is 0.00229. The van der Waals surface area contributed by atoms with Gasteiger partial charge in [-0.25, -0.2) is 0 Å². The number of hydrogen-bond donors (Lipinski definition) is 0. The number of carbonyl (C=O) groups excluding carboxylic acids is 2. The van der Waals surface area contributed by atoms with Gasteiger partial charge in [-0.05, 0) is 58.9 Å². The standard InChI is InChI=1S/C42H49N3O3/c1-3-4-7-13-34-20-22-38(23-21-34)33-45(41(46)25-24-36-18-12-19-39(30-36)48-2)40(31-35-14-8-5-9-15-35)42(47)44-28-26-43(27-29-44)32-37-16-10-6-11-17-37/h5-6,8-12,14-25,30,40H,3-4,7,13,26-29,31-33H2,1-2H3/t40-/m0/s1. The molecule has 1 saturated heterocycles. The monoisotopic (exact) mass is 643 g/mol. The highest BCUT2D eigenvalue weighted by Gasteiger charge is 2.34. The molecule has 0 aliphatic carbocycles. The van der Waals surface area contributed by atoms with E-state index < -0.39 is 6.04 Å². The number of piperazine rings is 1. The topological polar surface area (TPSA) is 53.1 Å². The summed E-state index contributed by atoms with van der Waals surface area (Å²) in [6, 6.07) is 36.0. The lowest BCUT2D eigenvalue weighted by molar-refractivity contribution is -0.145. The third-order valence-corrected chi connectivity index (χ3v) is 9.11. The molecule has 6 heteroatoms. The average Bonchev–Trinajstić information content (AvgIpc) is 3.14. The Bertz CT molecular complexity index is 1600. The molecule has 0 saturated carbocycles. The fourth-order valence-electron chi connectivity index (χ4n) is 6.28. The first-order valence-electron chi connectivity index (χ1n) is 17.3. The van der Waals surface area contributed by atoms with Gasteiger partial charge in [0, 0.05) is 51.8 Å². The number of hydrogen-bond acceptors (Lipinski definition) is 4. The third-order valence-electron chi connectivity index (χ3n) is 9.11. The second kappa shape index (κ2) is 18.0. The largest absolute Gasteiger partial charge is 0.497 e. The molecule has 0 N–H and O–H groups in total. The molecular weight excluding hydrogens is 594 g/mol. The predicted molar refractivity (Wildman–Crippen MR) is 194 cm³/mol. The molecule has 0 radical (unpaired) electrons. The van der Waals surface area contributed by atoms with E-state index in [1.165, 1.54) is 30.4 Å². The molecule has 0 unspecified atom stereocenters. The molecule has 0 aromatic heterocycles. The van der Waals surface area contributed by atoms with Gasteiger partial charge in [-0.3, -0.25) is 14.5 Å². The van der Waals surface area contributed by atoms with E-state index in [0.717, 1.165) is 48.5 Å². The Balaban J connectivity index is 1.40. The van der Waals surface area contributed by atoms with Crippen molar-refractivity contribution in [3.05, 3.63) is 143 Å². The van der Waals surface area contributed by atoms with E-state index in [-0.39, 0.29) is 11.8 Å². The minimum Gasteiger partial charge on any atom is -0.497 e. The summed E-state index contributed by atoms with van der Waals surface area (Å²) in [4.78, 5) is 34.9. The van der Waals surface area contributed by atoms with Crippen molar-refractivity contribution in [2.24, 2.45) is 0 Å². The molecule has 2 amide bonds. The molecule has 1 heterocycles. The summed E-state index contributed by atoms with van der Waals surface area (Å²) in [7, 11) is 1.63. The summed E-state index contributed by atoms with van der Waals surface area (Å²) in [6.45, 7) is 6.27. The van der Waals surface area contributed by atoms with E-state index in [1.54, 1.807) is 24.2 Å². The summed E-state index contributed by atoms with van der Waals surface area (Å²) < 4.78 is 5.39. The zero-order valence-corrected chi connectivity index (χ0v) is 28.5. The van der Waals surface area contributed by atoms with Crippen molar-refractivity contribution in [2.75, 3.05) is 33.3 Å². The highest BCUT2D eigenvalue weighted by atomic mass is 16.5. The summed E-state index contributed by atoms with van der Waals surface area (Å²) in [5.74, 6) is 0.531. The molecule has 1 aliphatic heterocycles. The number of amides is 2. The zero-order chi connectivity index (χ0) is 33.6. The molecule has 4 aromatic carbocycles. The van der Waals surface area contributed by atoms with Gasteiger partial charge < -0.3 is 14.5 Å². The number of nitrogens with zero attached hydrogens (tertiary/aromatic N) is 3. The maximum Gasteiger partial charge on any atom is 0.247 e. The highest BCUT2D eigenvalue weighted by molar-refractivity contribution is 5.95. The van der Waals surface area contributed by atoms with Crippen molar-refractivity contribution in [3.63, 3.8) is 0 Å². The van der Waals surface area contributed by atoms with Crippen molar-refractivity contribution in [3.8, 4) is 5.75 Å². The van der Waals surface area contributed by atoms with Crippen LogP contribution in [-0.4, -0.2) is 65.8 Å². The van der Waals surface area contributed by atoms with Crippen LogP contribution in [0, 0.1) is 0 Å². The first-order valence-corrected chi connectivity index (χ1v) is 17.3. The molecule has 5 rings (SSSR count).